The molecule has 4 heteroatoms. The van der Waals surface area contributed by atoms with Gasteiger partial charge in [-0.15, -0.1) is 0 Å². The predicted octanol–water partition coefficient (Wildman–Crippen LogP) is 7.80. The molecule has 0 unspecified atom stereocenters. The van der Waals surface area contributed by atoms with E-state index in [1.165, 1.54) is 63.3 Å². The lowest BCUT2D eigenvalue weighted by atomic mass is 9.78. The molecule has 0 amide bonds. The zero-order valence-corrected chi connectivity index (χ0v) is 18.4. The van der Waals surface area contributed by atoms with Crippen molar-refractivity contribution in [3.8, 4) is 16.9 Å². The summed E-state index contributed by atoms with van der Waals surface area (Å²) in [6.45, 7) is 2.29. The minimum Gasteiger partial charge on any atom is -0.494 e. The summed E-state index contributed by atoms with van der Waals surface area (Å²) in [6.07, 6.45) is 12.4. The van der Waals surface area contributed by atoms with Gasteiger partial charge in [0, 0.05) is 11.1 Å². The van der Waals surface area contributed by atoms with E-state index in [-0.39, 0.29) is 16.9 Å². The van der Waals surface area contributed by atoms with Gasteiger partial charge in [0.2, 0.25) is 5.82 Å². The van der Waals surface area contributed by atoms with Crippen LogP contribution in [-0.4, -0.2) is 7.11 Å². The summed E-state index contributed by atoms with van der Waals surface area (Å²) < 4.78 is 48.7. The average molecular weight is 429 g/mol. The van der Waals surface area contributed by atoms with E-state index in [1.807, 2.05) is 6.07 Å². The zero-order valence-electron chi connectivity index (χ0n) is 18.4. The standard InChI is InChI=1S/C27H31F3O/c1-3-17-4-6-18(7-5-17)8-9-19-10-12-21-20(16-19)11-13-22(25(21)28)23-14-15-24(31-2)27(30)26(23)29/h10-11,13-15,17-18H,3-9,12,16H2,1-2H3. The predicted molar refractivity (Wildman–Crippen MR) is 119 cm³/mol. The molecule has 1 fully saturated rings. The van der Waals surface area contributed by atoms with Crippen LogP contribution in [-0.2, 0) is 12.8 Å². The third-order valence-corrected chi connectivity index (χ3v) is 7.33. The van der Waals surface area contributed by atoms with Gasteiger partial charge in [0.1, 0.15) is 5.82 Å². The van der Waals surface area contributed by atoms with Crippen molar-refractivity contribution < 1.29 is 17.9 Å². The Bertz CT molecular complexity index is 971. The second-order valence-electron chi connectivity index (χ2n) is 9.09. The van der Waals surface area contributed by atoms with Crippen molar-refractivity contribution in [3.05, 3.63) is 64.5 Å². The van der Waals surface area contributed by atoms with Gasteiger partial charge in [-0.1, -0.05) is 62.8 Å². The highest BCUT2D eigenvalue weighted by atomic mass is 19.2. The lowest BCUT2D eigenvalue weighted by Crippen LogP contribution is -2.14. The van der Waals surface area contributed by atoms with Gasteiger partial charge in [-0.2, -0.15) is 4.39 Å². The van der Waals surface area contributed by atoms with Gasteiger partial charge in [0.15, 0.2) is 11.6 Å². The summed E-state index contributed by atoms with van der Waals surface area (Å²) in [7, 11) is 1.27. The van der Waals surface area contributed by atoms with Crippen molar-refractivity contribution in [1.82, 2.24) is 0 Å². The van der Waals surface area contributed by atoms with Crippen LogP contribution in [0.1, 0.15) is 63.0 Å². The van der Waals surface area contributed by atoms with Crippen molar-refractivity contribution in [2.75, 3.05) is 7.11 Å². The molecule has 0 bridgehead atoms. The Hall–Kier alpha value is -2.23. The van der Waals surface area contributed by atoms with Gasteiger partial charge in [-0.05, 0) is 60.8 Å². The van der Waals surface area contributed by atoms with E-state index in [2.05, 4.69) is 13.0 Å². The Morgan fingerprint density at radius 1 is 0.871 bits per heavy atom. The number of methoxy groups -OCH3 is 1. The van der Waals surface area contributed by atoms with Crippen LogP contribution in [0.3, 0.4) is 0 Å². The Morgan fingerprint density at radius 2 is 1.55 bits per heavy atom. The first-order valence-corrected chi connectivity index (χ1v) is 11.5. The van der Waals surface area contributed by atoms with Crippen LogP contribution in [0.25, 0.3) is 11.1 Å². The lowest BCUT2D eigenvalue weighted by Gasteiger charge is -2.28. The van der Waals surface area contributed by atoms with E-state index >= 15 is 4.39 Å². The fourth-order valence-electron chi connectivity index (χ4n) is 5.22. The van der Waals surface area contributed by atoms with Gasteiger partial charge >= 0.3 is 0 Å². The smallest absolute Gasteiger partial charge is 0.201 e. The van der Waals surface area contributed by atoms with E-state index in [0.717, 1.165) is 30.2 Å². The molecule has 0 aromatic heterocycles. The molecule has 2 aliphatic rings. The fourth-order valence-corrected chi connectivity index (χ4v) is 5.22. The van der Waals surface area contributed by atoms with E-state index in [4.69, 9.17) is 4.74 Å². The second kappa shape index (κ2) is 9.50. The van der Waals surface area contributed by atoms with Gasteiger partial charge < -0.3 is 4.74 Å². The van der Waals surface area contributed by atoms with E-state index in [1.54, 1.807) is 6.07 Å². The number of allylic oxidation sites excluding steroid dienone is 2. The van der Waals surface area contributed by atoms with Crippen molar-refractivity contribution in [3.63, 3.8) is 0 Å². The Kier molecular flexibility index (Phi) is 6.74. The number of halogens is 3. The van der Waals surface area contributed by atoms with E-state index in [0.29, 0.717) is 12.0 Å². The summed E-state index contributed by atoms with van der Waals surface area (Å²) in [5.41, 5.74) is 2.96. The highest BCUT2D eigenvalue weighted by Gasteiger charge is 2.24. The monoisotopic (exact) mass is 428 g/mol. The van der Waals surface area contributed by atoms with Crippen LogP contribution in [0, 0.1) is 29.3 Å². The number of rotatable bonds is 6. The summed E-state index contributed by atoms with van der Waals surface area (Å²) >= 11 is 0. The molecule has 2 aromatic rings. The molecule has 166 valence electrons. The number of ether oxygens (including phenoxy) is 1. The van der Waals surface area contributed by atoms with Crippen LogP contribution >= 0.6 is 0 Å². The average Bonchev–Trinajstić information content (AvgIpc) is 2.80. The molecule has 0 saturated heterocycles. The number of hydrogen-bond donors (Lipinski definition) is 0. The first-order valence-electron chi connectivity index (χ1n) is 11.5. The minimum atomic E-state index is -1.09. The minimum absolute atomic E-state index is 0.0731. The van der Waals surface area contributed by atoms with Gasteiger partial charge in [0.25, 0.3) is 0 Å². The van der Waals surface area contributed by atoms with Gasteiger partial charge in [0.05, 0.1) is 7.11 Å². The molecule has 0 atom stereocenters. The van der Waals surface area contributed by atoms with E-state index < -0.39 is 17.5 Å². The molecule has 4 rings (SSSR count). The molecule has 0 heterocycles. The quantitative estimate of drug-likeness (QED) is 0.427. The molecule has 0 N–H and O–H groups in total. The summed E-state index contributed by atoms with van der Waals surface area (Å²) in [4.78, 5) is 0. The molecule has 2 aliphatic carbocycles. The molecule has 0 radical (unpaired) electrons. The summed E-state index contributed by atoms with van der Waals surface area (Å²) in [5, 5.41) is 0. The van der Waals surface area contributed by atoms with Gasteiger partial charge in [-0.3, -0.25) is 0 Å². The van der Waals surface area contributed by atoms with Crippen LogP contribution in [0.5, 0.6) is 5.75 Å². The van der Waals surface area contributed by atoms with E-state index in [9.17, 15) is 8.78 Å². The van der Waals surface area contributed by atoms with Crippen molar-refractivity contribution in [2.45, 2.75) is 64.7 Å². The maximum absolute atomic E-state index is 15.3. The molecule has 0 spiro atoms. The van der Waals surface area contributed by atoms with Gasteiger partial charge in [-0.25, -0.2) is 8.78 Å². The first kappa shape index (κ1) is 22.0. The molecular weight excluding hydrogens is 397 g/mol. The third kappa shape index (κ3) is 4.53. The van der Waals surface area contributed by atoms with Crippen LogP contribution in [0.15, 0.2) is 35.9 Å². The SMILES string of the molecule is CCC1CCC(CCC2=CCc3c(ccc(-c4ccc(OC)c(F)c4F)c3F)C2)CC1. The largest absolute Gasteiger partial charge is 0.494 e. The highest BCUT2D eigenvalue weighted by Crippen LogP contribution is 2.37. The normalized spacial score (nSPS) is 20.9. The Balaban J connectivity index is 1.46. The second-order valence-corrected chi connectivity index (χ2v) is 9.09. The zero-order chi connectivity index (χ0) is 22.0. The Morgan fingerprint density at radius 3 is 2.26 bits per heavy atom. The molecule has 2 aromatic carbocycles. The maximum Gasteiger partial charge on any atom is 0.201 e. The first-order chi connectivity index (χ1) is 15.0. The molecule has 1 nitrogen and oxygen atoms in total. The molecule has 1 saturated carbocycles. The van der Waals surface area contributed by atoms with Crippen LogP contribution in [0.4, 0.5) is 13.2 Å². The molecular formula is C27H31F3O. The number of hydrogen-bond acceptors (Lipinski definition) is 1. The maximum atomic E-state index is 15.3. The van der Waals surface area contributed by atoms with Crippen molar-refractivity contribution in [1.29, 1.82) is 0 Å². The Labute approximate surface area is 183 Å². The highest BCUT2D eigenvalue weighted by molar-refractivity contribution is 5.68. The van der Waals surface area contributed by atoms with Crippen molar-refractivity contribution in [2.24, 2.45) is 11.8 Å². The number of fused-ring (bicyclic) bond motifs is 1. The molecule has 31 heavy (non-hydrogen) atoms. The third-order valence-electron chi connectivity index (χ3n) is 7.33. The lowest BCUT2D eigenvalue weighted by molar-refractivity contribution is 0.258. The van der Waals surface area contributed by atoms with Crippen LogP contribution < -0.4 is 4.74 Å². The fraction of sp³-hybridized carbons (Fsp3) is 0.481. The topological polar surface area (TPSA) is 9.23 Å². The summed E-state index contributed by atoms with van der Waals surface area (Å²) in [6, 6.07) is 6.15. The molecule has 0 aliphatic heterocycles. The summed E-state index contributed by atoms with van der Waals surface area (Å²) in [5.74, 6) is -1.07. The van der Waals surface area contributed by atoms with Crippen molar-refractivity contribution >= 4 is 0 Å². The van der Waals surface area contributed by atoms with Crippen LogP contribution in [0.2, 0.25) is 0 Å². The number of benzene rings is 2.